The van der Waals surface area contributed by atoms with Crippen LogP contribution in [0.3, 0.4) is 0 Å². The van der Waals surface area contributed by atoms with E-state index in [4.69, 9.17) is 0 Å². The molecule has 140 valence electrons. The summed E-state index contributed by atoms with van der Waals surface area (Å²) in [5.74, 6) is -1.08. The lowest BCUT2D eigenvalue weighted by Gasteiger charge is -2.25. The maximum absolute atomic E-state index is 12.9. The van der Waals surface area contributed by atoms with E-state index in [1.807, 2.05) is 0 Å². The van der Waals surface area contributed by atoms with Gasteiger partial charge in [0, 0.05) is 6.54 Å². The summed E-state index contributed by atoms with van der Waals surface area (Å²) in [4.78, 5) is 12.1. The third-order valence-corrected chi connectivity index (χ3v) is 5.41. The summed E-state index contributed by atoms with van der Waals surface area (Å²) in [6.07, 6.45) is -0.245. The molecule has 0 fully saturated rings. The molecule has 0 saturated carbocycles. The molecule has 0 aliphatic carbocycles. The lowest BCUT2D eigenvalue weighted by molar-refractivity contribution is -0.129. The fourth-order valence-corrected chi connectivity index (χ4v) is 3.52. The van der Waals surface area contributed by atoms with Crippen LogP contribution in [-0.2, 0) is 34.5 Å². The Morgan fingerprint density at radius 1 is 1.35 bits per heavy atom. The highest BCUT2D eigenvalue weighted by Crippen LogP contribution is 2.17. The van der Waals surface area contributed by atoms with E-state index in [9.17, 15) is 22.7 Å². The van der Waals surface area contributed by atoms with Gasteiger partial charge in [0.15, 0.2) is 6.10 Å². The molecular formula is C16H19FN4O4S. The number of sulfonamides is 1. The number of aliphatic hydroxyl groups is 1. The SMILES string of the molecule is CS(=O)(=O)N1CCn2nc(CNC(=O)[C@@H](O)c3ccc(F)cc3)cc2C1. The first-order chi connectivity index (χ1) is 12.2. The van der Waals surface area contributed by atoms with E-state index >= 15 is 0 Å². The maximum atomic E-state index is 12.9. The summed E-state index contributed by atoms with van der Waals surface area (Å²) in [6.45, 7) is 1.12. The Labute approximate surface area is 150 Å². The maximum Gasteiger partial charge on any atom is 0.253 e. The largest absolute Gasteiger partial charge is 0.378 e. The van der Waals surface area contributed by atoms with Crippen LogP contribution in [0.5, 0.6) is 0 Å². The zero-order valence-electron chi connectivity index (χ0n) is 14.1. The molecule has 8 nitrogen and oxygen atoms in total. The predicted octanol–water partition coefficient (Wildman–Crippen LogP) is 0.147. The molecule has 10 heteroatoms. The number of nitrogens with zero attached hydrogens (tertiary/aromatic N) is 3. The van der Waals surface area contributed by atoms with Crippen molar-refractivity contribution in [3.63, 3.8) is 0 Å². The number of nitrogens with one attached hydrogen (secondary N) is 1. The Hall–Kier alpha value is -2.30. The third kappa shape index (κ3) is 4.09. The van der Waals surface area contributed by atoms with Crippen molar-refractivity contribution in [1.29, 1.82) is 0 Å². The first-order valence-corrected chi connectivity index (χ1v) is 9.81. The number of benzene rings is 1. The lowest BCUT2D eigenvalue weighted by atomic mass is 10.1. The van der Waals surface area contributed by atoms with Gasteiger partial charge in [0.05, 0.1) is 37.3 Å². The minimum atomic E-state index is -3.27. The van der Waals surface area contributed by atoms with E-state index in [-0.39, 0.29) is 18.7 Å². The molecule has 1 amide bonds. The predicted molar refractivity (Wildman–Crippen MR) is 90.7 cm³/mol. The second-order valence-corrected chi connectivity index (χ2v) is 8.10. The van der Waals surface area contributed by atoms with Crippen molar-refractivity contribution in [2.45, 2.75) is 25.7 Å². The molecule has 1 aliphatic heterocycles. The van der Waals surface area contributed by atoms with Gasteiger partial charge in [0.1, 0.15) is 5.82 Å². The number of amides is 1. The lowest BCUT2D eigenvalue weighted by Crippen LogP contribution is -2.37. The molecule has 0 unspecified atom stereocenters. The van der Waals surface area contributed by atoms with Gasteiger partial charge in [-0.15, -0.1) is 0 Å². The van der Waals surface area contributed by atoms with E-state index in [0.717, 1.165) is 11.9 Å². The molecule has 26 heavy (non-hydrogen) atoms. The summed E-state index contributed by atoms with van der Waals surface area (Å²) in [5.41, 5.74) is 1.59. The van der Waals surface area contributed by atoms with Gasteiger partial charge in [-0.2, -0.15) is 9.40 Å². The first-order valence-electron chi connectivity index (χ1n) is 7.96. The standard InChI is InChI=1S/C16H19FN4O4S/c1-26(24,25)20-6-7-21-14(10-20)8-13(19-21)9-18-16(23)15(22)11-2-4-12(17)5-3-11/h2-5,8,15,22H,6-7,9-10H2,1H3,(H,18,23)/t15-/m0/s1. The molecule has 0 saturated heterocycles. The molecule has 2 heterocycles. The number of aromatic nitrogens is 2. The number of hydrogen-bond acceptors (Lipinski definition) is 5. The number of carbonyl (C=O) groups is 1. The molecule has 3 rings (SSSR count). The Kier molecular flexibility index (Phi) is 5.08. The number of fused-ring (bicyclic) bond motifs is 1. The van der Waals surface area contributed by atoms with Crippen molar-refractivity contribution in [2.24, 2.45) is 0 Å². The van der Waals surface area contributed by atoms with Gasteiger partial charge in [0.25, 0.3) is 5.91 Å². The second-order valence-electron chi connectivity index (χ2n) is 6.12. The zero-order valence-corrected chi connectivity index (χ0v) is 14.9. The number of carbonyl (C=O) groups excluding carboxylic acids is 1. The van der Waals surface area contributed by atoms with E-state index in [1.54, 1.807) is 10.7 Å². The van der Waals surface area contributed by atoms with Gasteiger partial charge in [-0.3, -0.25) is 9.48 Å². The number of aliphatic hydroxyl groups excluding tert-OH is 1. The molecule has 2 N–H and O–H groups in total. The highest BCUT2D eigenvalue weighted by Gasteiger charge is 2.25. The minimum Gasteiger partial charge on any atom is -0.378 e. The highest BCUT2D eigenvalue weighted by molar-refractivity contribution is 7.88. The second kappa shape index (κ2) is 7.14. The monoisotopic (exact) mass is 382 g/mol. The van der Waals surface area contributed by atoms with Gasteiger partial charge in [-0.05, 0) is 23.8 Å². The van der Waals surface area contributed by atoms with E-state index in [2.05, 4.69) is 10.4 Å². The van der Waals surface area contributed by atoms with Crippen LogP contribution in [0.1, 0.15) is 23.1 Å². The topological polar surface area (TPSA) is 105 Å². The Morgan fingerprint density at radius 2 is 2.04 bits per heavy atom. The summed E-state index contributed by atoms with van der Waals surface area (Å²) in [7, 11) is -3.27. The fraction of sp³-hybridized carbons (Fsp3) is 0.375. The quantitative estimate of drug-likeness (QED) is 0.766. The molecule has 0 radical (unpaired) electrons. The van der Waals surface area contributed by atoms with Crippen LogP contribution in [0.15, 0.2) is 30.3 Å². The normalized spacial score (nSPS) is 16.1. The smallest absolute Gasteiger partial charge is 0.253 e. The van der Waals surface area contributed by atoms with Gasteiger partial charge < -0.3 is 10.4 Å². The van der Waals surface area contributed by atoms with Crippen molar-refractivity contribution in [3.05, 3.63) is 53.1 Å². The van der Waals surface area contributed by atoms with Gasteiger partial charge in [-0.25, -0.2) is 12.8 Å². The van der Waals surface area contributed by atoms with Crippen LogP contribution in [0.25, 0.3) is 0 Å². The van der Waals surface area contributed by atoms with E-state index < -0.39 is 27.9 Å². The molecule has 1 aromatic carbocycles. The van der Waals surface area contributed by atoms with Crippen LogP contribution in [-0.4, -0.2) is 46.3 Å². The van der Waals surface area contributed by atoms with Crippen molar-refractivity contribution in [2.75, 3.05) is 12.8 Å². The molecule has 1 aliphatic rings. The average molecular weight is 382 g/mol. The minimum absolute atomic E-state index is 0.0932. The molecular weight excluding hydrogens is 363 g/mol. The Morgan fingerprint density at radius 3 is 2.69 bits per heavy atom. The molecule has 0 spiro atoms. The Bertz CT molecular complexity index is 911. The van der Waals surface area contributed by atoms with Crippen molar-refractivity contribution >= 4 is 15.9 Å². The van der Waals surface area contributed by atoms with Crippen molar-refractivity contribution in [3.8, 4) is 0 Å². The summed E-state index contributed by atoms with van der Waals surface area (Å²) in [5, 5.41) is 16.9. The summed E-state index contributed by atoms with van der Waals surface area (Å²) >= 11 is 0. The van der Waals surface area contributed by atoms with Crippen LogP contribution < -0.4 is 5.32 Å². The third-order valence-electron chi connectivity index (χ3n) is 4.16. The zero-order chi connectivity index (χ0) is 18.9. The fourth-order valence-electron chi connectivity index (χ4n) is 2.74. The van der Waals surface area contributed by atoms with E-state index in [1.165, 1.54) is 28.6 Å². The van der Waals surface area contributed by atoms with Gasteiger partial charge >= 0.3 is 0 Å². The van der Waals surface area contributed by atoms with Crippen LogP contribution in [0.4, 0.5) is 4.39 Å². The summed E-state index contributed by atoms with van der Waals surface area (Å²) in [6, 6.07) is 6.75. The van der Waals surface area contributed by atoms with Crippen molar-refractivity contribution < 1.29 is 22.7 Å². The average Bonchev–Trinajstić information content (AvgIpc) is 3.01. The first kappa shape index (κ1) is 18.5. The van der Waals surface area contributed by atoms with Crippen LogP contribution in [0, 0.1) is 5.82 Å². The van der Waals surface area contributed by atoms with Crippen LogP contribution >= 0.6 is 0 Å². The highest BCUT2D eigenvalue weighted by atomic mass is 32.2. The number of halogens is 1. The van der Waals surface area contributed by atoms with Crippen LogP contribution in [0.2, 0.25) is 0 Å². The number of rotatable bonds is 5. The van der Waals surface area contributed by atoms with Crippen molar-refractivity contribution in [1.82, 2.24) is 19.4 Å². The molecule has 1 aromatic heterocycles. The molecule has 2 aromatic rings. The van der Waals surface area contributed by atoms with Gasteiger partial charge in [-0.1, -0.05) is 12.1 Å². The number of hydrogen-bond donors (Lipinski definition) is 2. The molecule has 1 atom stereocenters. The summed E-state index contributed by atoms with van der Waals surface area (Å²) < 4.78 is 39.2. The Balaban J connectivity index is 1.61. The van der Waals surface area contributed by atoms with E-state index in [0.29, 0.717) is 18.8 Å². The van der Waals surface area contributed by atoms with Gasteiger partial charge in [0.2, 0.25) is 10.0 Å². The molecule has 0 bridgehead atoms.